The van der Waals surface area contributed by atoms with E-state index in [9.17, 15) is 4.79 Å². The predicted molar refractivity (Wildman–Crippen MR) is 123 cm³/mol. The average molecular weight is 468 g/mol. The van der Waals surface area contributed by atoms with E-state index in [4.69, 9.17) is 21.3 Å². The summed E-state index contributed by atoms with van der Waals surface area (Å²) in [6.07, 6.45) is 1.48. The van der Waals surface area contributed by atoms with Gasteiger partial charge in [0.1, 0.15) is 17.4 Å². The maximum absolute atomic E-state index is 13.2. The molecular formula is C23H22ClN5O2S. The second kappa shape index (κ2) is 7.79. The molecule has 0 N–H and O–H groups in total. The second-order valence-corrected chi connectivity index (χ2v) is 9.86. The summed E-state index contributed by atoms with van der Waals surface area (Å²) in [7, 11) is 0. The van der Waals surface area contributed by atoms with E-state index in [2.05, 4.69) is 14.8 Å². The fourth-order valence-electron chi connectivity index (χ4n) is 4.91. The molecule has 1 atom stereocenters. The molecule has 9 heteroatoms. The number of thiophene rings is 1. The fourth-order valence-corrected chi connectivity index (χ4v) is 6.62. The zero-order chi connectivity index (χ0) is 21.8. The van der Waals surface area contributed by atoms with Gasteiger partial charge in [0, 0.05) is 40.0 Å². The first-order valence-corrected chi connectivity index (χ1v) is 12.0. The first-order chi connectivity index (χ1) is 15.6. The standard InChI is InChI=1S/C23H22ClN5O2S/c1-13-26-27-19-12-25-21(15-4-2-3-5-17(15)24)20-16-10-14(11-18(16)32-23(20)29(13)19)22(30)28-6-8-31-9-7-28/h2-5,14H,6-12H2,1H3/t14-/m0/s1. The summed E-state index contributed by atoms with van der Waals surface area (Å²) in [6.45, 7) is 5.00. The summed E-state index contributed by atoms with van der Waals surface area (Å²) in [5, 5.41) is 10.4. The summed E-state index contributed by atoms with van der Waals surface area (Å²) >= 11 is 8.34. The highest BCUT2D eigenvalue weighted by Crippen LogP contribution is 2.43. The number of aliphatic imine (C=N–C) groups is 1. The highest BCUT2D eigenvalue weighted by atomic mass is 35.5. The molecule has 2 aliphatic heterocycles. The maximum atomic E-state index is 13.2. The van der Waals surface area contributed by atoms with Crippen molar-refractivity contribution >= 4 is 34.6 Å². The number of ether oxygens (including phenoxy) is 1. The molecule has 1 saturated heterocycles. The van der Waals surface area contributed by atoms with Gasteiger partial charge in [-0.05, 0) is 31.4 Å². The maximum Gasteiger partial charge on any atom is 0.226 e. The Morgan fingerprint density at radius 3 is 2.81 bits per heavy atom. The summed E-state index contributed by atoms with van der Waals surface area (Å²) in [6, 6.07) is 7.82. The largest absolute Gasteiger partial charge is 0.378 e. The van der Waals surface area contributed by atoms with Crippen LogP contribution in [0.2, 0.25) is 5.02 Å². The number of benzene rings is 1. The van der Waals surface area contributed by atoms with E-state index in [1.165, 1.54) is 10.4 Å². The lowest BCUT2D eigenvalue weighted by atomic mass is 9.97. The van der Waals surface area contributed by atoms with Crippen LogP contribution in [0.3, 0.4) is 0 Å². The molecule has 3 aliphatic rings. The molecule has 7 nitrogen and oxygen atoms in total. The van der Waals surface area contributed by atoms with E-state index in [1.54, 1.807) is 11.3 Å². The van der Waals surface area contributed by atoms with Crippen LogP contribution in [0.1, 0.15) is 33.2 Å². The summed E-state index contributed by atoms with van der Waals surface area (Å²) in [4.78, 5) is 21.4. The van der Waals surface area contributed by atoms with Gasteiger partial charge in [-0.2, -0.15) is 0 Å². The molecule has 0 saturated carbocycles. The van der Waals surface area contributed by atoms with Crippen molar-refractivity contribution in [2.45, 2.75) is 26.3 Å². The van der Waals surface area contributed by atoms with Crippen LogP contribution in [0.25, 0.3) is 5.00 Å². The van der Waals surface area contributed by atoms with Crippen LogP contribution in [0.4, 0.5) is 0 Å². The number of hydrogen-bond acceptors (Lipinski definition) is 6. The highest BCUT2D eigenvalue weighted by Gasteiger charge is 2.38. The monoisotopic (exact) mass is 467 g/mol. The van der Waals surface area contributed by atoms with Gasteiger partial charge in [0.15, 0.2) is 5.82 Å². The Bertz CT molecular complexity index is 1260. The quantitative estimate of drug-likeness (QED) is 0.580. The third-order valence-corrected chi connectivity index (χ3v) is 8.03. The lowest BCUT2D eigenvalue weighted by Crippen LogP contribution is -2.44. The van der Waals surface area contributed by atoms with Crippen molar-refractivity contribution < 1.29 is 9.53 Å². The lowest BCUT2D eigenvalue weighted by Gasteiger charge is -2.29. The topological polar surface area (TPSA) is 72.6 Å². The van der Waals surface area contributed by atoms with Crippen LogP contribution in [-0.4, -0.2) is 57.6 Å². The third-order valence-electron chi connectivity index (χ3n) is 6.47. The average Bonchev–Trinajstić information content (AvgIpc) is 3.45. The van der Waals surface area contributed by atoms with Crippen LogP contribution < -0.4 is 0 Å². The first-order valence-electron chi connectivity index (χ1n) is 10.8. The number of halogens is 1. The fraction of sp³-hybridized carbons (Fsp3) is 0.391. The van der Waals surface area contributed by atoms with E-state index in [0.717, 1.165) is 46.3 Å². The van der Waals surface area contributed by atoms with Crippen molar-refractivity contribution in [3.8, 4) is 5.00 Å². The lowest BCUT2D eigenvalue weighted by molar-refractivity contribution is -0.139. The van der Waals surface area contributed by atoms with E-state index < -0.39 is 0 Å². The molecule has 3 aromatic rings. The minimum absolute atomic E-state index is 0.0307. The minimum atomic E-state index is -0.0307. The number of hydrogen-bond donors (Lipinski definition) is 0. The van der Waals surface area contributed by atoms with Crippen molar-refractivity contribution in [3.05, 3.63) is 62.5 Å². The summed E-state index contributed by atoms with van der Waals surface area (Å²) in [5.41, 5.74) is 4.09. The number of carbonyl (C=O) groups excluding carboxylic acids is 1. The Labute approximate surface area is 194 Å². The summed E-state index contributed by atoms with van der Waals surface area (Å²) < 4.78 is 7.54. The van der Waals surface area contributed by atoms with Gasteiger partial charge in [0.05, 0.1) is 18.9 Å². The minimum Gasteiger partial charge on any atom is -0.378 e. The molecule has 6 rings (SSSR count). The second-order valence-electron chi connectivity index (χ2n) is 8.37. The predicted octanol–water partition coefficient (Wildman–Crippen LogP) is 3.22. The number of carbonyl (C=O) groups is 1. The van der Waals surface area contributed by atoms with Crippen molar-refractivity contribution in [1.82, 2.24) is 19.7 Å². The molecule has 0 unspecified atom stereocenters. The van der Waals surface area contributed by atoms with Gasteiger partial charge in [-0.1, -0.05) is 29.8 Å². The van der Waals surface area contributed by atoms with E-state index >= 15 is 0 Å². The molecule has 1 amide bonds. The van der Waals surface area contributed by atoms with E-state index in [1.807, 2.05) is 36.1 Å². The number of aromatic nitrogens is 3. The van der Waals surface area contributed by atoms with Crippen LogP contribution >= 0.6 is 22.9 Å². The van der Waals surface area contributed by atoms with Crippen molar-refractivity contribution in [1.29, 1.82) is 0 Å². The SMILES string of the molecule is Cc1nnc2n1-c1sc3c(c1C(c1ccccc1Cl)=NC2)C[C@H](C(=O)N1CCOCC1)C3. The first kappa shape index (κ1) is 20.1. The number of rotatable bonds is 2. The van der Waals surface area contributed by atoms with Gasteiger partial charge in [0.2, 0.25) is 5.91 Å². The number of nitrogens with zero attached hydrogens (tertiary/aromatic N) is 5. The van der Waals surface area contributed by atoms with E-state index in [0.29, 0.717) is 37.9 Å². The molecule has 4 heterocycles. The molecule has 1 fully saturated rings. The van der Waals surface area contributed by atoms with Gasteiger partial charge in [-0.25, -0.2) is 0 Å². The number of amides is 1. The molecule has 0 bridgehead atoms. The molecule has 1 aromatic carbocycles. The van der Waals surface area contributed by atoms with Crippen molar-refractivity contribution in [2.75, 3.05) is 26.3 Å². The molecule has 0 radical (unpaired) electrons. The molecule has 0 spiro atoms. The number of aryl methyl sites for hydroxylation is 1. The van der Waals surface area contributed by atoms with Gasteiger partial charge in [-0.3, -0.25) is 14.4 Å². The van der Waals surface area contributed by atoms with Crippen LogP contribution in [-0.2, 0) is 28.9 Å². The molecule has 32 heavy (non-hydrogen) atoms. The van der Waals surface area contributed by atoms with Crippen LogP contribution in [0.15, 0.2) is 29.3 Å². The Morgan fingerprint density at radius 2 is 2.00 bits per heavy atom. The number of morpholine rings is 1. The summed E-state index contributed by atoms with van der Waals surface area (Å²) in [5.74, 6) is 1.87. The van der Waals surface area contributed by atoms with Gasteiger partial charge >= 0.3 is 0 Å². The van der Waals surface area contributed by atoms with Crippen molar-refractivity contribution in [2.24, 2.45) is 10.9 Å². The van der Waals surface area contributed by atoms with Crippen LogP contribution in [0.5, 0.6) is 0 Å². The zero-order valence-corrected chi connectivity index (χ0v) is 19.2. The highest BCUT2D eigenvalue weighted by molar-refractivity contribution is 7.15. The van der Waals surface area contributed by atoms with Crippen molar-refractivity contribution in [3.63, 3.8) is 0 Å². The Hall–Kier alpha value is -2.55. The normalized spacial score (nSPS) is 19.8. The van der Waals surface area contributed by atoms with Gasteiger partial charge in [0.25, 0.3) is 0 Å². The van der Waals surface area contributed by atoms with Gasteiger partial charge < -0.3 is 9.64 Å². The molecule has 164 valence electrons. The van der Waals surface area contributed by atoms with Gasteiger partial charge in [-0.15, -0.1) is 21.5 Å². The Kier molecular flexibility index (Phi) is 4.89. The smallest absolute Gasteiger partial charge is 0.226 e. The zero-order valence-electron chi connectivity index (χ0n) is 17.7. The van der Waals surface area contributed by atoms with Crippen LogP contribution in [0, 0.1) is 12.8 Å². The molecular weight excluding hydrogens is 446 g/mol. The molecule has 1 aliphatic carbocycles. The number of fused-ring (bicyclic) bond motifs is 5. The molecule has 2 aromatic heterocycles. The third kappa shape index (κ3) is 3.12. The van der Waals surface area contributed by atoms with E-state index in [-0.39, 0.29) is 11.8 Å². The Morgan fingerprint density at radius 1 is 1.19 bits per heavy atom. The Balaban J connectivity index is 1.45.